The smallest absolute Gasteiger partial charge is 0.170 e. The van der Waals surface area contributed by atoms with Gasteiger partial charge in [-0.1, -0.05) is 97.1 Å². The summed E-state index contributed by atoms with van der Waals surface area (Å²) in [6, 6.07) is 32.2. The van der Waals surface area contributed by atoms with Crippen LogP contribution in [0.3, 0.4) is 0 Å². The Bertz CT molecular complexity index is 2230. The number of hydrogen-bond donors (Lipinski definition) is 1. The maximum absolute atomic E-state index is 5.04. The number of aromatic nitrogens is 1. The summed E-state index contributed by atoms with van der Waals surface area (Å²) >= 11 is 0. The molecule has 40 heavy (non-hydrogen) atoms. The van der Waals surface area contributed by atoms with E-state index in [1.807, 2.05) is 97.1 Å². The fraction of sp³-hybridized carbons (Fsp3) is 0.0312. The molecule has 8 nitrogen and oxygen atoms in total. The molecule has 0 saturated heterocycles. The lowest BCUT2D eigenvalue weighted by molar-refractivity contribution is 0.796. The van der Waals surface area contributed by atoms with Crippen LogP contribution >= 0.6 is 0 Å². The normalized spacial score (nSPS) is 17.9. The van der Waals surface area contributed by atoms with Crippen LogP contribution in [0, 0.1) is 0 Å². The monoisotopic (exact) mass is 514 g/mol. The molecule has 0 spiro atoms. The van der Waals surface area contributed by atoms with Crippen molar-refractivity contribution in [3.05, 3.63) is 141 Å². The molecule has 0 aliphatic carbocycles. The summed E-state index contributed by atoms with van der Waals surface area (Å²) in [6.45, 7) is 0. The quantitative estimate of drug-likeness (QED) is 0.319. The van der Waals surface area contributed by atoms with E-state index in [1.165, 1.54) is 0 Å². The topological polar surface area (TPSA) is 102 Å². The van der Waals surface area contributed by atoms with Crippen LogP contribution in [0.4, 0.5) is 0 Å². The van der Waals surface area contributed by atoms with Crippen LogP contribution in [0.25, 0.3) is 10.8 Å². The molecule has 5 aromatic rings. The molecule has 0 radical (unpaired) electrons. The SMILES string of the molecule is c1ccc2c(c1)C1=NC2=NC2=NC(N=C3N=C(N=c4[nH]c(c5ccccc45)=N1)c1ccccc13)c1ccccc12. The van der Waals surface area contributed by atoms with Crippen LogP contribution in [-0.4, -0.2) is 34.2 Å². The standard InChI is InChI=1S/C32H18N8/c1-2-10-18-17(9-1)25-33-26(18)38-28-21-13-5-6-14-22(21)30(35-28)40-32-24-16-8-7-15-23(24)31(36-32)39-29-20-12-4-3-11-19(20)27(34-29)37-25/h1-16,25H,(H,33,34,35,36,37,38,39,40). The van der Waals surface area contributed by atoms with Crippen LogP contribution in [0.5, 0.6) is 0 Å². The molecule has 1 N–H and O–H groups in total. The van der Waals surface area contributed by atoms with E-state index < -0.39 is 6.17 Å². The first-order valence-corrected chi connectivity index (χ1v) is 13.0. The molecule has 1 atom stereocenters. The zero-order chi connectivity index (χ0) is 26.2. The second kappa shape index (κ2) is 7.94. The number of fused-ring (bicyclic) bond motifs is 17. The van der Waals surface area contributed by atoms with E-state index in [1.54, 1.807) is 0 Å². The largest absolute Gasteiger partial charge is 0.324 e. The van der Waals surface area contributed by atoms with Gasteiger partial charge in [0.1, 0.15) is 11.0 Å². The lowest BCUT2D eigenvalue weighted by Gasteiger charge is -2.05. The summed E-state index contributed by atoms with van der Waals surface area (Å²) in [5.41, 5.74) is 6.98. The zero-order valence-electron chi connectivity index (χ0n) is 20.9. The minimum atomic E-state index is -0.475. The van der Waals surface area contributed by atoms with Gasteiger partial charge in [0.15, 0.2) is 35.3 Å². The molecule has 4 aliphatic heterocycles. The summed E-state index contributed by atoms with van der Waals surface area (Å²) in [5, 5.41) is 1.91. The number of aromatic amines is 1. The van der Waals surface area contributed by atoms with Crippen LogP contribution in [-0.2, 0) is 0 Å². The highest BCUT2D eigenvalue weighted by Gasteiger charge is 2.29. The zero-order valence-corrected chi connectivity index (χ0v) is 20.9. The maximum Gasteiger partial charge on any atom is 0.170 e. The predicted octanol–water partition coefficient (Wildman–Crippen LogP) is 4.29. The van der Waals surface area contributed by atoms with Crippen molar-refractivity contribution in [2.24, 2.45) is 34.9 Å². The van der Waals surface area contributed by atoms with Crippen LogP contribution in [0.1, 0.15) is 39.5 Å². The van der Waals surface area contributed by atoms with Gasteiger partial charge in [-0.3, -0.25) is 0 Å². The highest BCUT2D eigenvalue weighted by atomic mass is 15.2. The third kappa shape index (κ3) is 3.04. The number of hydrogen-bond acceptors (Lipinski definition) is 7. The Morgan fingerprint density at radius 2 is 0.800 bits per heavy atom. The van der Waals surface area contributed by atoms with Crippen molar-refractivity contribution in [2.45, 2.75) is 6.17 Å². The Kier molecular flexibility index (Phi) is 4.23. The molecule has 8 bridgehead atoms. The van der Waals surface area contributed by atoms with E-state index in [0.29, 0.717) is 40.2 Å². The van der Waals surface area contributed by atoms with Gasteiger partial charge in [-0.15, -0.1) is 0 Å². The maximum atomic E-state index is 5.04. The van der Waals surface area contributed by atoms with E-state index in [0.717, 1.165) is 44.2 Å². The number of amidine groups is 5. The fourth-order valence-corrected chi connectivity index (χ4v) is 5.66. The highest BCUT2D eigenvalue weighted by molar-refractivity contribution is 6.26. The molecular formula is C32H18N8. The van der Waals surface area contributed by atoms with Crippen molar-refractivity contribution >= 4 is 40.0 Å². The Morgan fingerprint density at radius 1 is 0.400 bits per heavy atom. The molecule has 4 aliphatic rings. The lowest BCUT2D eigenvalue weighted by Crippen LogP contribution is -2.15. The van der Waals surface area contributed by atoms with Gasteiger partial charge in [0.25, 0.3) is 0 Å². The first-order chi connectivity index (χ1) is 19.8. The molecule has 8 heteroatoms. The highest BCUT2D eigenvalue weighted by Crippen LogP contribution is 2.34. The summed E-state index contributed by atoms with van der Waals surface area (Å²) in [4.78, 5) is 38.3. The fourth-order valence-electron chi connectivity index (χ4n) is 5.66. The number of nitrogens with zero attached hydrogens (tertiary/aromatic N) is 7. The van der Waals surface area contributed by atoms with Crippen LogP contribution < -0.4 is 11.0 Å². The van der Waals surface area contributed by atoms with E-state index in [9.17, 15) is 0 Å². The summed E-state index contributed by atoms with van der Waals surface area (Å²) in [7, 11) is 0. The van der Waals surface area contributed by atoms with Gasteiger partial charge in [0, 0.05) is 44.2 Å². The second-order valence-corrected chi connectivity index (χ2v) is 9.86. The first kappa shape index (κ1) is 21.3. The van der Waals surface area contributed by atoms with E-state index in [-0.39, 0.29) is 0 Å². The van der Waals surface area contributed by atoms with E-state index in [4.69, 9.17) is 34.9 Å². The third-order valence-corrected chi connectivity index (χ3v) is 7.53. The van der Waals surface area contributed by atoms with Gasteiger partial charge < -0.3 is 4.98 Å². The average molecular weight is 515 g/mol. The van der Waals surface area contributed by atoms with Crippen molar-refractivity contribution in [1.82, 2.24) is 4.98 Å². The molecule has 5 heterocycles. The predicted molar refractivity (Wildman–Crippen MR) is 155 cm³/mol. The second-order valence-electron chi connectivity index (χ2n) is 9.86. The van der Waals surface area contributed by atoms with Crippen molar-refractivity contribution in [2.75, 3.05) is 0 Å². The number of aliphatic imine (C=N–C) groups is 5. The molecule has 1 aromatic heterocycles. The number of rotatable bonds is 0. The van der Waals surface area contributed by atoms with E-state index in [2.05, 4.69) is 4.98 Å². The molecule has 4 aromatic carbocycles. The van der Waals surface area contributed by atoms with Crippen molar-refractivity contribution in [3.8, 4) is 0 Å². The molecule has 0 saturated carbocycles. The average Bonchev–Trinajstić information content (AvgIpc) is 3.73. The molecule has 9 rings (SSSR count). The number of H-pyrrole nitrogens is 1. The minimum Gasteiger partial charge on any atom is -0.324 e. The van der Waals surface area contributed by atoms with E-state index >= 15 is 0 Å². The number of nitrogens with one attached hydrogen (secondary N) is 1. The van der Waals surface area contributed by atoms with Gasteiger partial charge >= 0.3 is 0 Å². The summed E-state index contributed by atoms with van der Waals surface area (Å²) < 4.78 is 0. The van der Waals surface area contributed by atoms with Crippen LogP contribution in [0.2, 0.25) is 0 Å². The third-order valence-electron chi connectivity index (χ3n) is 7.53. The molecular weight excluding hydrogens is 496 g/mol. The Morgan fingerprint density at radius 3 is 1.38 bits per heavy atom. The molecule has 0 amide bonds. The lowest BCUT2D eigenvalue weighted by atomic mass is 10.1. The van der Waals surface area contributed by atoms with Gasteiger partial charge in [0.2, 0.25) is 0 Å². The van der Waals surface area contributed by atoms with Crippen LogP contribution in [0.15, 0.2) is 132 Å². The number of benzene rings is 4. The summed E-state index contributed by atoms with van der Waals surface area (Å²) in [5.74, 6) is 2.97. The Balaban J connectivity index is 1.40. The molecule has 1 unspecified atom stereocenters. The Hall–Kier alpha value is -5.63. The van der Waals surface area contributed by atoms with Gasteiger partial charge in [-0.25, -0.2) is 34.9 Å². The van der Waals surface area contributed by atoms with Gasteiger partial charge in [-0.05, 0) is 0 Å². The molecule has 186 valence electrons. The van der Waals surface area contributed by atoms with Gasteiger partial charge in [0.05, 0.1) is 0 Å². The van der Waals surface area contributed by atoms with Crippen molar-refractivity contribution in [3.63, 3.8) is 0 Å². The Labute approximate surface area is 227 Å². The van der Waals surface area contributed by atoms with Crippen molar-refractivity contribution in [1.29, 1.82) is 0 Å². The molecule has 0 fully saturated rings. The van der Waals surface area contributed by atoms with Gasteiger partial charge in [-0.2, -0.15) is 0 Å². The first-order valence-electron chi connectivity index (χ1n) is 13.0. The van der Waals surface area contributed by atoms with Crippen molar-refractivity contribution < 1.29 is 0 Å². The minimum absolute atomic E-state index is 0.475. The summed E-state index contributed by atoms with van der Waals surface area (Å²) in [6.07, 6.45) is -0.475.